The van der Waals surface area contributed by atoms with Crippen molar-refractivity contribution in [1.29, 1.82) is 0 Å². The molecule has 0 spiro atoms. The predicted molar refractivity (Wildman–Crippen MR) is 110 cm³/mol. The van der Waals surface area contributed by atoms with E-state index in [9.17, 15) is 18.4 Å². The number of amides is 2. The van der Waals surface area contributed by atoms with Gasteiger partial charge in [-0.3, -0.25) is 14.5 Å². The SMILES string of the molecule is CCOc1ccc(NC(=O)CN(C)CC(=O)Nc2c(F)cccc2F)cc1OCC. The van der Waals surface area contributed by atoms with Crippen LogP contribution in [0.1, 0.15) is 13.8 Å². The van der Waals surface area contributed by atoms with Gasteiger partial charge in [0.25, 0.3) is 0 Å². The van der Waals surface area contributed by atoms with E-state index in [0.29, 0.717) is 30.4 Å². The van der Waals surface area contributed by atoms with Crippen LogP contribution in [0.15, 0.2) is 36.4 Å². The molecule has 2 amide bonds. The largest absolute Gasteiger partial charge is 0.490 e. The lowest BCUT2D eigenvalue weighted by Crippen LogP contribution is -2.36. The number of ether oxygens (including phenoxy) is 2. The smallest absolute Gasteiger partial charge is 0.238 e. The summed E-state index contributed by atoms with van der Waals surface area (Å²) in [4.78, 5) is 25.7. The molecule has 9 heteroatoms. The Labute approximate surface area is 174 Å². The third-order valence-electron chi connectivity index (χ3n) is 3.88. The molecule has 2 aromatic carbocycles. The molecule has 0 aliphatic rings. The monoisotopic (exact) mass is 421 g/mol. The molecular formula is C21H25F2N3O4. The summed E-state index contributed by atoms with van der Waals surface area (Å²) >= 11 is 0. The van der Waals surface area contributed by atoms with Crippen molar-refractivity contribution in [3.8, 4) is 11.5 Å². The van der Waals surface area contributed by atoms with E-state index in [1.54, 1.807) is 25.2 Å². The highest BCUT2D eigenvalue weighted by Crippen LogP contribution is 2.30. The van der Waals surface area contributed by atoms with E-state index in [-0.39, 0.29) is 19.0 Å². The summed E-state index contributed by atoms with van der Waals surface area (Å²) in [5.74, 6) is -1.67. The Bertz CT molecular complexity index is 872. The molecular weight excluding hydrogens is 396 g/mol. The fourth-order valence-corrected chi connectivity index (χ4v) is 2.67. The van der Waals surface area contributed by atoms with Crippen LogP contribution >= 0.6 is 0 Å². The van der Waals surface area contributed by atoms with Gasteiger partial charge in [-0.15, -0.1) is 0 Å². The van der Waals surface area contributed by atoms with Crippen LogP contribution in [0, 0.1) is 11.6 Å². The number of hydrogen-bond donors (Lipinski definition) is 2. The molecule has 0 bridgehead atoms. The molecule has 0 saturated heterocycles. The van der Waals surface area contributed by atoms with Crippen molar-refractivity contribution in [2.24, 2.45) is 0 Å². The molecule has 0 heterocycles. The summed E-state index contributed by atoms with van der Waals surface area (Å²) in [6, 6.07) is 8.32. The Kier molecular flexibility index (Phi) is 8.54. The lowest BCUT2D eigenvalue weighted by molar-refractivity contribution is -0.119. The van der Waals surface area contributed by atoms with E-state index in [0.717, 1.165) is 12.1 Å². The highest BCUT2D eigenvalue weighted by atomic mass is 19.1. The Hall–Kier alpha value is -3.20. The van der Waals surface area contributed by atoms with Crippen molar-refractivity contribution in [2.45, 2.75) is 13.8 Å². The molecule has 162 valence electrons. The molecule has 7 nitrogen and oxygen atoms in total. The molecule has 0 saturated carbocycles. The van der Waals surface area contributed by atoms with E-state index in [1.165, 1.54) is 11.0 Å². The molecule has 0 aliphatic heterocycles. The van der Waals surface area contributed by atoms with Gasteiger partial charge in [-0.1, -0.05) is 6.07 Å². The second-order valence-corrected chi connectivity index (χ2v) is 6.39. The number of carbonyl (C=O) groups is 2. The van der Waals surface area contributed by atoms with E-state index < -0.39 is 23.2 Å². The Morgan fingerprint density at radius 3 is 2.07 bits per heavy atom. The summed E-state index contributed by atoms with van der Waals surface area (Å²) < 4.78 is 38.2. The highest BCUT2D eigenvalue weighted by Gasteiger charge is 2.15. The van der Waals surface area contributed by atoms with E-state index >= 15 is 0 Å². The van der Waals surface area contributed by atoms with Crippen LogP contribution in [0.3, 0.4) is 0 Å². The van der Waals surface area contributed by atoms with E-state index in [2.05, 4.69) is 10.6 Å². The number of benzene rings is 2. The van der Waals surface area contributed by atoms with Gasteiger partial charge in [-0.2, -0.15) is 0 Å². The van der Waals surface area contributed by atoms with Crippen molar-refractivity contribution in [1.82, 2.24) is 4.90 Å². The van der Waals surface area contributed by atoms with Crippen LogP contribution in [-0.4, -0.2) is 50.1 Å². The first-order valence-electron chi connectivity index (χ1n) is 9.45. The topological polar surface area (TPSA) is 79.9 Å². The summed E-state index contributed by atoms with van der Waals surface area (Å²) in [5.41, 5.74) is -0.00336. The lowest BCUT2D eigenvalue weighted by Gasteiger charge is -2.17. The van der Waals surface area contributed by atoms with Gasteiger partial charge >= 0.3 is 0 Å². The highest BCUT2D eigenvalue weighted by molar-refractivity contribution is 5.95. The molecule has 0 unspecified atom stereocenters. The van der Waals surface area contributed by atoms with E-state index in [4.69, 9.17) is 9.47 Å². The van der Waals surface area contributed by atoms with Gasteiger partial charge in [-0.25, -0.2) is 8.78 Å². The van der Waals surface area contributed by atoms with Gasteiger partial charge in [0.2, 0.25) is 11.8 Å². The van der Waals surface area contributed by atoms with Crippen LogP contribution in [0.4, 0.5) is 20.2 Å². The molecule has 0 aromatic heterocycles. The zero-order valence-electron chi connectivity index (χ0n) is 17.1. The Morgan fingerprint density at radius 1 is 0.900 bits per heavy atom. The zero-order chi connectivity index (χ0) is 22.1. The minimum Gasteiger partial charge on any atom is -0.490 e. The number of para-hydroxylation sites is 1. The predicted octanol–water partition coefficient (Wildman–Crippen LogP) is 3.27. The second kappa shape index (κ2) is 11.1. The van der Waals surface area contributed by atoms with Gasteiger partial charge in [0.05, 0.1) is 26.3 Å². The molecule has 0 atom stereocenters. The average molecular weight is 421 g/mol. The molecule has 30 heavy (non-hydrogen) atoms. The number of halogens is 2. The first-order valence-corrected chi connectivity index (χ1v) is 9.45. The molecule has 0 radical (unpaired) electrons. The van der Waals surface area contributed by atoms with Crippen LogP contribution in [0.25, 0.3) is 0 Å². The van der Waals surface area contributed by atoms with Crippen molar-refractivity contribution in [3.63, 3.8) is 0 Å². The molecule has 0 aliphatic carbocycles. The lowest BCUT2D eigenvalue weighted by atomic mass is 10.2. The number of likely N-dealkylation sites (N-methyl/N-ethyl adjacent to an activating group) is 1. The fourth-order valence-electron chi connectivity index (χ4n) is 2.67. The first-order chi connectivity index (χ1) is 14.3. The van der Waals surface area contributed by atoms with Crippen molar-refractivity contribution < 1.29 is 27.8 Å². The normalized spacial score (nSPS) is 10.6. The second-order valence-electron chi connectivity index (χ2n) is 6.39. The van der Waals surface area contributed by atoms with Gasteiger partial charge in [0.15, 0.2) is 11.5 Å². The van der Waals surface area contributed by atoms with E-state index in [1.807, 2.05) is 13.8 Å². The molecule has 2 rings (SSSR count). The van der Waals surface area contributed by atoms with Crippen molar-refractivity contribution >= 4 is 23.2 Å². The molecule has 2 aromatic rings. The van der Waals surface area contributed by atoms with Gasteiger partial charge in [0.1, 0.15) is 17.3 Å². The number of anilines is 2. The van der Waals surface area contributed by atoms with Crippen LogP contribution < -0.4 is 20.1 Å². The minimum absolute atomic E-state index is 0.107. The number of rotatable bonds is 10. The number of nitrogens with one attached hydrogen (secondary N) is 2. The van der Waals surface area contributed by atoms with Gasteiger partial charge < -0.3 is 20.1 Å². The van der Waals surface area contributed by atoms with Gasteiger partial charge in [-0.05, 0) is 45.2 Å². The number of hydrogen-bond acceptors (Lipinski definition) is 5. The fraction of sp³-hybridized carbons (Fsp3) is 0.333. The maximum atomic E-state index is 13.6. The Morgan fingerprint density at radius 2 is 1.47 bits per heavy atom. The summed E-state index contributed by atoms with van der Waals surface area (Å²) in [7, 11) is 1.54. The van der Waals surface area contributed by atoms with Crippen LogP contribution in [0.2, 0.25) is 0 Å². The Balaban J connectivity index is 1.91. The maximum Gasteiger partial charge on any atom is 0.238 e. The van der Waals surface area contributed by atoms with Crippen molar-refractivity contribution in [2.75, 3.05) is 44.0 Å². The quantitative estimate of drug-likeness (QED) is 0.616. The minimum atomic E-state index is -0.871. The summed E-state index contributed by atoms with van der Waals surface area (Å²) in [5, 5.41) is 4.89. The maximum absolute atomic E-state index is 13.6. The van der Waals surface area contributed by atoms with Crippen LogP contribution in [0.5, 0.6) is 11.5 Å². The third-order valence-corrected chi connectivity index (χ3v) is 3.88. The third kappa shape index (κ3) is 6.70. The summed E-state index contributed by atoms with van der Waals surface area (Å²) in [6.07, 6.45) is 0. The summed E-state index contributed by atoms with van der Waals surface area (Å²) in [6.45, 7) is 4.29. The number of nitrogens with zero attached hydrogens (tertiary/aromatic N) is 1. The number of carbonyl (C=O) groups excluding carboxylic acids is 2. The van der Waals surface area contributed by atoms with Gasteiger partial charge in [0, 0.05) is 11.8 Å². The molecule has 2 N–H and O–H groups in total. The zero-order valence-corrected chi connectivity index (χ0v) is 17.1. The van der Waals surface area contributed by atoms with Crippen molar-refractivity contribution in [3.05, 3.63) is 48.0 Å². The van der Waals surface area contributed by atoms with Crippen LogP contribution in [-0.2, 0) is 9.59 Å². The average Bonchev–Trinajstić information content (AvgIpc) is 2.67. The standard InChI is InChI=1S/C21H25F2N3O4/c1-4-29-17-10-9-14(11-18(17)30-5-2)24-19(27)12-26(3)13-20(28)25-21-15(22)7-6-8-16(21)23/h6-11H,4-5,12-13H2,1-3H3,(H,24,27)(H,25,28). The first kappa shape index (κ1) is 23.1. The molecule has 0 fully saturated rings.